The Balaban J connectivity index is 0.000000507. The summed E-state index contributed by atoms with van der Waals surface area (Å²) in [5.41, 5.74) is 1.15. The van der Waals surface area contributed by atoms with Crippen molar-refractivity contribution in [2.24, 2.45) is 5.92 Å². The number of anilines is 1. The maximum absolute atomic E-state index is 12.2. The SMILES string of the molecule is Cc1noc(-c2ccccc2N(CC2CCN(C3CCN(S(C)(=O)=O)CC3)CC2)C(=O)O)n1.O=C(O)C=CC(=O)O. The fraction of sp³-hybridized carbons (Fsp3) is 0.500. The van der Waals surface area contributed by atoms with Crippen LogP contribution in [0.4, 0.5) is 10.5 Å². The number of carbonyl (C=O) groups is 3. The molecule has 0 aliphatic carbocycles. The molecule has 0 radical (unpaired) electrons. The summed E-state index contributed by atoms with van der Waals surface area (Å²) in [5, 5.41) is 29.4. The number of nitrogens with zero attached hydrogens (tertiary/aromatic N) is 5. The molecular weight excluding hydrogens is 558 g/mol. The summed E-state index contributed by atoms with van der Waals surface area (Å²) in [4.78, 5) is 39.4. The standard InChI is InChI=1S/C22H31N5O5S.C4H4O4/c1-16-23-21(32-24-16)19-5-3-4-6-20(19)27(22(28)29)15-17-7-11-25(12-8-17)18-9-13-26(14-10-18)33(2,30)31;5-3(6)1-2-4(7)8/h3-6,17-18H,7-15H2,1-2H3,(H,28,29);1-2H,(H,5,6)(H,7,8). The predicted molar refractivity (Wildman–Crippen MR) is 148 cm³/mol. The molecule has 0 spiro atoms. The summed E-state index contributed by atoms with van der Waals surface area (Å²) in [6.07, 6.45) is 4.87. The zero-order valence-electron chi connectivity index (χ0n) is 22.9. The lowest BCUT2D eigenvalue weighted by molar-refractivity contribution is -0.134. The van der Waals surface area contributed by atoms with E-state index in [0.717, 1.165) is 38.8 Å². The van der Waals surface area contributed by atoms with Gasteiger partial charge in [-0.2, -0.15) is 4.98 Å². The minimum atomic E-state index is -3.12. The van der Waals surface area contributed by atoms with Crippen LogP contribution in [-0.4, -0.2) is 106 Å². The van der Waals surface area contributed by atoms with Crippen molar-refractivity contribution in [3.63, 3.8) is 0 Å². The van der Waals surface area contributed by atoms with E-state index in [4.69, 9.17) is 14.7 Å². The van der Waals surface area contributed by atoms with Gasteiger partial charge in [-0.15, -0.1) is 0 Å². The van der Waals surface area contributed by atoms with E-state index in [-0.39, 0.29) is 5.92 Å². The molecule has 3 N–H and O–H groups in total. The van der Waals surface area contributed by atoms with Crippen molar-refractivity contribution < 1.29 is 42.6 Å². The number of amides is 1. The number of benzene rings is 1. The van der Waals surface area contributed by atoms with Gasteiger partial charge >= 0.3 is 18.0 Å². The molecule has 1 aromatic heterocycles. The molecule has 2 aliphatic heterocycles. The highest BCUT2D eigenvalue weighted by Gasteiger charge is 2.32. The molecule has 1 aromatic carbocycles. The average molecular weight is 594 g/mol. The topological polar surface area (TPSA) is 195 Å². The number of aromatic nitrogens is 2. The van der Waals surface area contributed by atoms with Crippen LogP contribution in [0.2, 0.25) is 0 Å². The van der Waals surface area contributed by atoms with E-state index in [1.165, 1.54) is 11.2 Å². The van der Waals surface area contributed by atoms with E-state index >= 15 is 0 Å². The monoisotopic (exact) mass is 593 g/mol. The van der Waals surface area contributed by atoms with Crippen molar-refractivity contribution >= 4 is 33.7 Å². The highest BCUT2D eigenvalue weighted by atomic mass is 32.2. The van der Waals surface area contributed by atoms with Gasteiger partial charge in [0.1, 0.15) is 0 Å². The number of likely N-dealkylation sites (tertiary alicyclic amines) is 1. The number of hydrogen-bond donors (Lipinski definition) is 3. The van der Waals surface area contributed by atoms with Crippen LogP contribution < -0.4 is 4.90 Å². The van der Waals surface area contributed by atoms with E-state index in [2.05, 4.69) is 15.0 Å². The number of aryl methyl sites for hydroxylation is 1. The predicted octanol–water partition coefficient (Wildman–Crippen LogP) is 2.38. The van der Waals surface area contributed by atoms with Crippen LogP contribution in [0, 0.1) is 12.8 Å². The third-order valence-corrected chi connectivity index (χ3v) is 8.35. The van der Waals surface area contributed by atoms with Crippen LogP contribution >= 0.6 is 0 Å². The first-order valence-corrected chi connectivity index (χ1v) is 14.9. The molecule has 3 heterocycles. The Morgan fingerprint density at radius 1 is 1.00 bits per heavy atom. The fourth-order valence-electron chi connectivity index (χ4n) is 5.02. The lowest BCUT2D eigenvalue weighted by Gasteiger charge is -2.41. The summed E-state index contributed by atoms with van der Waals surface area (Å²) in [6, 6.07) is 7.59. The molecule has 2 aliphatic rings. The third kappa shape index (κ3) is 9.37. The average Bonchev–Trinajstić information content (AvgIpc) is 3.37. The molecule has 2 fully saturated rings. The second-order valence-corrected chi connectivity index (χ2v) is 11.9. The smallest absolute Gasteiger partial charge is 0.411 e. The van der Waals surface area contributed by atoms with Crippen LogP contribution in [0.3, 0.4) is 0 Å². The minimum Gasteiger partial charge on any atom is -0.478 e. The highest BCUT2D eigenvalue weighted by molar-refractivity contribution is 7.88. The summed E-state index contributed by atoms with van der Waals surface area (Å²) in [7, 11) is -3.12. The summed E-state index contributed by atoms with van der Waals surface area (Å²) in [6.45, 7) is 5.06. The Morgan fingerprint density at radius 3 is 2.07 bits per heavy atom. The van der Waals surface area contributed by atoms with Crippen LogP contribution in [-0.2, 0) is 19.6 Å². The number of carboxylic acids is 2. The summed E-state index contributed by atoms with van der Waals surface area (Å²) >= 11 is 0. The molecule has 0 bridgehead atoms. The highest BCUT2D eigenvalue weighted by Crippen LogP contribution is 2.32. The molecule has 2 saturated heterocycles. The quantitative estimate of drug-likeness (QED) is 0.379. The lowest BCUT2D eigenvalue weighted by Crippen LogP contribution is -2.49. The number of hydrogen-bond acceptors (Lipinski definition) is 9. The van der Waals surface area contributed by atoms with Gasteiger partial charge in [0, 0.05) is 37.8 Å². The number of piperidine rings is 2. The molecule has 0 atom stereocenters. The zero-order chi connectivity index (χ0) is 30.2. The van der Waals surface area contributed by atoms with Gasteiger partial charge < -0.3 is 24.7 Å². The molecule has 2 aromatic rings. The van der Waals surface area contributed by atoms with Gasteiger partial charge in [-0.3, -0.25) is 4.90 Å². The van der Waals surface area contributed by atoms with Crippen molar-refractivity contribution in [1.82, 2.24) is 19.3 Å². The number of aliphatic carboxylic acids is 2. The third-order valence-electron chi connectivity index (χ3n) is 7.05. The second-order valence-electron chi connectivity index (χ2n) is 9.94. The van der Waals surface area contributed by atoms with Crippen molar-refractivity contribution in [2.45, 2.75) is 38.6 Å². The van der Waals surface area contributed by atoms with Gasteiger partial charge in [0.25, 0.3) is 5.89 Å². The lowest BCUT2D eigenvalue weighted by atomic mass is 9.93. The Kier molecular flexibility index (Phi) is 11.0. The van der Waals surface area contributed by atoms with Crippen LogP contribution in [0.15, 0.2) is 40.9 Å². The van der Waals surface area contributed by atoms with Crippen molar-refractivity contribution in [3.05, 3.63) is 42.2 Å². The normalized spacial score (nSPS) is 17.6. The number of sulfonamides is 1. The van der Waals surface area contributed by atoms with Gasteiger partial charge in [0.2, 0.25) is 10.0 Å². The Labute approximate surface area is 237 Å². The van der Waals surface area contributed by atoms with Gasteiger partial charge in [-0.1, -0.05) is 17.3 Å². The molecular formula is C26H35N5O9S. The second kappa shape index (κ2) is 14.2. The fourth-order valence-corrected chi connectivity index (χ4v) is 5.89. The Bertz CT molecular complexity index is 1330. The summed E-state index contributed by atoms with van der Waals surface area (Å²) in [5.74, 6) is -1.47. The van der Waals surface area contributed by atoms with Gasteiger partial charge in [-0.05, 0) is 63.7 Å². The van der Waals surface area contributed by atoms with Crippen LogP contribution in [0.5, 0.6) is 0 Å². The molecule has 14 nitrogen and oxygen atoms in total. The maximum Gasteiger partial charge on any atom is 0.411 e. The largest absolute Gasteiger partial charge is 0.478 e. The first kappa shape index (κ1) is 31.7. The Morgan fingerprint density at radius 2 is 1.59 bits per heavy atom. The number of carboxylic acid groups (broad SMARTS) is 3. The molecule has 4 rings (SSSR count). The minimum absolute atomic E-state index is 0.242. The summed E-state index contributed by atoms with van der Waals surface area (Å²) < 4.78 is 30.3. The molecule has 41 heavy (non-hydrogen) atoms. The van der Waals surface area contributed by atoms with Crippen molar-refractivity contribution in [3.8, 4) is 11.5 Å². The maximum atomic E-state index is 12.2. The molecule has 15 heteroatoms. The van der Waals surface area contributed by atoms with E-state index in [9.17, 15) is 27.9 Å². The molecule has 224 valence electrons. The number of para-hydroxylation sites is 1. The zero-order valence-corrected chi connectivity index (χ0v) is 23.7. The van der Waals surface area contributed by atoms with Crippen LogP contribution in [0.1, 0.15) is 31.5 Å². The van der Waals surface area contributed by atoms with Gasteiger partial charge in [0.05, 0.1) is 17.5 Å². The van der Waals surface area contributed by atoms with Crippen molar-refractivity contribution in [1.29, 1.82) is 0 Å². The molecule has 0 unspecified atom stereocenters. The number of rotatable bonds is 8. The first-order chi connectivity index (χ1) is 19.3. The Hall–Kier alpha value is -3.82. The van der Waals surface area contributed by atoms with E-state index < -0.39 is 28.1 Å². The van der Waals surface area contributed by atoms with Crippen molar-refractivity contribution in [2.75, 3.05) is 43.9 Å². The van der Waals surface area contributed by atoms with Gasteiger partial charge in [0.15, 0.2) is 5.82 Å². The van der Waals surface area contributed by atoms with E-state index in [0.29, 0.717) is 60.8 Å². The van der Waals surface area contributed by atoms with Gasteiger partial charge in [-0.25, -0.2) is 27.1 Å². The molecule has 0 saturated carbocycles. The van der Waals surface area contributed by atoms with Crippen LogP contribution in [0.25, 0.3) is 11.5 Å². The first-order valence-electron chi connectivity index (χ1n) is 13.1. The van der Waals surface area contributed by atoms with E-state index in [1.54, 1.807) is 23.4 Å². The molecule has 1 amide bonds. The van der Waals surface area contributed by atoms with E-state index in [1.807, 2.05) is 12.1 Å².